The third-order valence-electron chi connectivity index (χ3n) is 2.83. The zero-order valence-electron chi connectivity index (χ0n) is 8.10. The molecule has 0 spiro atoms. The van der Waals surface area contributed by atoms with Crippen LogP contribution in [-0.4, -0.2) is 0 Å². The summed E-state index contributed by atoms with van der Waals surface area (Å²) in [4.78, 5) is 0. The average molecular weight is 186 g/mol. The van der Waals surface area contributed by atoms with E-state index in [1.54, 1.807) is 0 Å². The van der Waals surface area contributed by atoms with Crippen LogP contribution in [0.3, 0.4) is 0 Å². The normalized spacial score (nSPS) is 37.3. The molecule has 0 fully saturated rings. The van der Waals surface area contributed by atoms with E-state index in [9.17, 15) is 0 Å². The molecule has 0 aromatic heterocycles. The van der Waals surface area contributed by atoms with Crippen molar-refractivity contribution in [1.82, 2.24) is 0 Å². The van der Waals surface area contributed by atoms with Gasteiger partial charge in [-0.3, -0.25) is 0 Å². The molecular formula is C10H10N4. The third-order valence-corrected chi connectivity index (χ3v) is 2.83. The lowest BCUT2D eigenvalue weighted by Gasteiger charge is -2.37. The van der Waals surface area contributed by atoms with Crippen molar-refractivity contribution in [1.29, 1.82) is 0 Å². The van der Waals surface area contributed by atoms with E-state index in [1.165, 1.54) is 0 Å². The van der Waals surface area contributed by atoms with Crippen LogP contribution in [0.1, 0.15) is 25.0 Å². The third kappa shape index (κ3) is 0.737. The molecule has 0 aliphatic carbocycles. The van der Waals surface area contributed by atoms with Gasteiger partial charge in [0.15, 0.2) is 0 Å². The first kappa shape index (κ1) is 7.79. The van der Waals surface area contributed by atoms with Crippen molar-refractivity contribution in [3.8, 4) is 0 Å². The molecule has 0 N–H and O–H groups in total. The largest absolute Gasteiger partial charge is 0.213 e. The van der Waals surface area contributed by atoms with Crippen molar-refractivity contribution >= 4 is 0 Å². The van der Waals surface area contributed by atoms with E-state index in [1.807, 2.05) is 38.1 Å². The summed E-state index contributed by atoms with van der Waals surface area (Å²) in [5.41, 5.74) is 1.06. The number of benzene rings is 1. The van der Waals surface area contributed by atoms with Crippen LogP contribution in [0.4, 0.5) is 0 Å². The minimum atomic E-state index is -0.589. The fourth-order valence-electron chi connectivity index (χ4n) is 1.95. The molecule has 0 saturated heterocycles. The molecule has 0 atom stereocenters. The molecule has 0 amide bonds. The Labute approximate surface area is 81.8 Å². The Morgan fingerprint density at radius 3 is 1.50 bits per heavy atom. The van der Waals surface area contributed by atoms with Crippen molar-refractivity contribution in [3.63, 3.8) is 0 Å². The van der Waals surface area contributed by atoms with Crippen LogP contribution in [0.2, 0.25) is 0 Å². The highest BCUT2D eigenvalue weighted by Gasteiger charge is 2.45. The Morgan fingerprint density at radius 2 is 1.14 bits per heavy atom. The van der Waals surface area contributed by atoms with Crippen LogP contribution in [0, 0.1) is 0 Å². The van der Waals surface area contributed by atoms with Gasteiger partial charge < -0.3 is 0 Å². The molecule has 0 unspecified atom stereocenters. The SMILES string of the molecule is CC12N=NC(C)(N=N1)c1ccccc12. The maximum absolute atomic E-state index is 4.21. The van der Waals surface area contributed by atoms with Crippen LogP contribution in [0.15, 0.2) is 44.7 Å². The molecule has 4 heteroatoms. The van der Waals surface area contributed by atoms with E-state index < -0.39 is 11.3 Å². The zero-order chi connectivity index (χ0) is 9.81. The van der Waals surface area contributed by atoms with Crippen molar-refractivity contribution in [2.75, 3.05) is 0 Å². The monoisotopic (exact) mass is 186 g/mol. The topological polar surface area (TPSA) is 49.4 Å². The number of nitrogens with zero attached hydrogens (tertiary/aromatic N) is 4. The number of rotatable bonds is 0. The smallest absolute Gasteiger partial charge is 0.154 e. The summed E-state index contributed by atoms with van der Waals surface area (Å²) < 4.78 is 0. The lowest BCUT2D eigenvalue weighted by Crippen LogP contribution is -2.34. The summed E-state index contributed by atoms with van der Waals surface area (Å²) in [7, 11) is 0. The molecule has 4 nitrogen and oxygen atoms in total. The highest BCUT2D eigenvalue weighted by Crippen LogP contribution is 2.48. The van der Waals surface area contributed by atoms with Crippen molar-refractivity contribution in [3.05, 3.63) is 35.4 Å². The van der Waals surface area contributed by atoms with Crippen LogP contribution < -0.4 is 0 Å². The van der Waals surface area contributed by atoms with Crippen LogP contribution >= 0.6 is 0 Å². The van der Waals surface area contributed by atoms with E-state index in [0.717, 1.165) is 11.1 Å². The van der Waals surface area contributed by atoms with Gasteiger partial charge in [-0.1, -0.05) is 24.3 Å². The average Bonchev–Trinajstić information content (AvgIpc) is 2.22. The first-order chi connectivity index (χ1) is 6.64. The van der Waals surface area contributed by atoms with Gasteiger partial charge in [0.1, 0.15) is 0 Å². The van der Waals surface area contributed by atoms with Gasteiger partial charge in [-0.15, -0.1) is 0 Å². The molecule has 3 aliphatic rings. The predicted molar refractivity (Wildman–Crippen MR) is 50.9 cm³/mol. The Balaban J connectivity index is 2.38. The van der Waals surface area contributed by atoms with Crippen LogP contribution in [0.5, 0.6) is 0 Å². The van der Waals surface area contributed by atoms with Gasteiger partial charge >= 0.3 is 0 Å². The van der Waals surface area contributed by atoms with Gasteiger partial charge in [-0.25, -0.2) is 0 Å². The molecular weight excluding hydrogens is 176 g/mol. The summed E-state index contributed by atoms with van der Waals surface area (Å²) in [6, 6.07) is 8.09. The Hall–Kier alpha value is -1.58. The Bertz CT molecular complexity index is 406. The fourth-order valence-corrected chi connectivity index (χ4v) is 1.95. The van der Waals surface area contributed by atoms with Gasteiger partial charge in [-0.2, -0.15) is 20.5 Å². The molecule has 4 rings (SSSR count). The Morgan fingerprint density at radius 1 is 0.786 bits per heavy atom. The van der Waals surface area contributed by atoms with E-state index in [2.05, 4.69) is 20.5 Å². The lowest BCUT2D eigenvalue weighted by atomic mass is 9.87. The van der Waals surface area contributed by atoms with Crippen LogP contribution in [-0.2, 0) is 11.3 Å². The van der Waals surface area contributed by atoms with Gasteiger partial charge in [-0.05, 0) is 13.8 Å². The second-order valence-electron chi connectivity index (χ2n) is 3.99. The second kappa shape index (κ2) is 2.08. The van der Waals surface area contributed by atoms with Gasteiger partial charge in [0.25, 0.3) is 0 Å². The first-order valence-electron chi connectivity index (χ1n) is 4.62. The fraction of sp³-hybridized carbons (Fsp3) is 0.400. The molecule has 1 aromatic rings. The highest BCUT2D eigenvalue weighted by molar-refractivity contribution is 5.40. The molecule has 14 heavy (non-hydrogen) atoms. The summed E-state index contributed by atoms with van der Waals surface area (Å²) in [6.45, 7) is 3.86. The molecule has 3 heterocycles. The molecule has 0 radical (unpaired) electrons. The summed E-state index contributed by atoms with van der Waals surface area (Å²) in [6.07, 6.45) is 0. The van der Waals surface area contributed by atoms with E-state index in [4.69, 9.17) is 0 Å². The quantitative estimate of drug-likeness (QED) is 0.598. The number of hydrogen-bond donors (Lipinski definition) is 0. The molecule has 70 valence electrons. The second-order valence-corrected chi connectivity index (χ2v) is 3.99. The van der Waals surface area contributed by atoms with E-state index in [0.29, 0.717) is 0 Å². The van der Waals surface area contributed by atoms with E-state index >= 15 is 0 Å². The summed E-state index contributed by atoms with van der Waals surface area (Å²) in [5, 5.41) is 16.8. The highest BCUT2D eigenvalue weighted by atomic mass is 15.5. The van der Waals surface area contributed by atoms with Crippen molar-refractivity contribution in [2.24, 2.45) is 20.5 Å². The molecule has 0 saturated carbocycles. The predicted octanol–water partition coefficient (Wildman–Crippen LogP) is 2.96. The standard InChI is InChI=1S/C10H10N4/c1-9-7-5-3-4-6-8(7)10(2,13-11-9)14-12-9/h3-6H,1-2H3. The van der Waals surface area contributed by atoms with Gasteiger partial charge in [0.05, 0.1) is 0 Å². The van der Waals surface area contributed by atoms with E-state index in [-0.39, 0.29) is 0 Å². The maximum Gasteiger partial charge on any atom is 0.213 e. The minimum Gasteiger partial charge on any atom is -0.154 e. The number of hydrogen-bond acceptors (Lipinski definition) is 4. The molecule has 1 aromatic carbocycles. The molecule has 2 bridgehead atoms. The minimum absolute atomic E-state index is 0.589. The van der Waals surface area contributed by atoms with Gasteiger partial charge in [0.2, 0.25) is 11.3 Å². The molecule has 3 aliphatic heterocycles. The number of azo groups is 2. The maximum atomic E-state index is 4.21. The zero-order valence-corrected chi connectivity index (χ0v) is 8.10. The van der Waals surface area contributed by atoms with Crippen LogP contribution in [0.25, 0.3) is 0 Å². The summed E-state index contributed by atoms with van der Waals surface area (Å²) in [5.74, 6) is 0. The Kier molecular flexibility index (Phi) is 1.16. The van der Waals surface area contributed by atoms with Gasteiger partial charge in [0, 0.05) is 11.1 Å². The first-order valence-corrected chi connectivity index (χ1v) is 4.62. The lowest BCUT2D eigenvalue weighted by molar-refractivity contribution is 0.281. The van der Waals surface area contributed by atoms with Crippen molar-refractivity contribution in [2.45, 2.75) is 25.2 Å². The summed E-state index contributed by atoms with van der Waals surface area (Å²) >= 11 is 0. The van der Waals surface area contributed by atoms with Crippen molar-refractivity contribution < 1.29 is 0 Å².